The van der Waals surface area contributed by atoms with Crippen molar-refractivity contribution in [1.29, 1.82) is 0 Å². The number of ether oxygens (including phenoxy) is 5. The summed E-state index contributed by atoms with van der Waals surface area (Å²) in [6.45, 7) is 3.78. The first-order chi connectivity index (χ1) is 23.4. The molecule has 0 radical (unpaired) electrons. The van der Waals surface area contributed by atoms with Crippen molar-refractivity contribution in [2.45, 2.75) is 81.4 Å². The smallest absolute Gasteiger partial charge is 0.407 e. The zero-order chi connectivity index (χ0) is 34.8. The van der Waals surface area contributed by atoms with Gasteiger partial charge in [0, 0.05) is 31.1 Å². The van der Waals surface area contributed by atoms with Crippen LogP contribution < -0.4 is 14.8 Å². The third kappa shape index (κ3) is 8.40. The van der Waals surface area contributed by atoms with E-state index < -0.39 is 58.6 Å². The molecule has 3 N–H and O–H groups in total. The molecule has 3 aliphatic heterocycles. The molecule has 15 heteroatoms. The van der Waals surface area contributed by atoms with Crippen molar-refractivity contribution in [3.63, 3.8) is 0 Å². The number of carboxylic acid groups (broad SMARTS) is 1. The normalized spacial score (nSPS) is 22.8. The topological polar surface area (TPSA) is 173 Å². The summed E-state index contributed by atoms with van der Waals surface area (Å²) < 4.78 is 57.7. The average Bonchev–Trinajstić information content (AvgIpc) is 3.39. The number of aliphatic hydroxyl groups is 1. The number of fused-ring (bicyclic) bond motifs is 2. The first-order valence-corrected chi connectivity index (χ1v) is 18.1. The van der Waals surface area contributed by atoms with Gasteiger partial charge in [-0.25, -0.2) is 18.0 Å². The van der Waals surface area contributed by atoms with Crippen molar-refractivity contribution < 1.29 is 51.9 Å². The highest BCUT2D eigenvalue weighted by molar-refractivity contribution is 7.89. The van der Waals surface area contributed by atoms with Gasteiger partial charge >= 0.3 is 12.2 Å². The molecule has 2 saturated heterocycles. The van der Waals surface area contributed by atoms with E-state index in [4.69, 9.17) is 23.7 Å². The Labute approximate surface area is 286 Å². The first-order valence-electron chi connectivity index (χ1n) is 16.7. The van der Waals surface area contributed by atoms with Gasteiger partial charge in [-0.2, -0.15) is 4.31 Å². The minimum Gasteiger partial charge on any atom is -0.465 e. The summed E-state index contributed by atoms with van der Waals surface area (Å²) in [5, 5.41) is 25.4. The third-order valence-corrected chi connectivity index (χ3v) is 11.4. The van der Waals surface area contributed by atoms with Crippen LogP contribution in [0.4, 0.5) is 9.59 Å². The molecule has 0 spiro atoms. The van der Waals surface area contributed by atoms with Gasteiger partial charge in [-0.05, 0) is 55.2 Å². The van der Waals surface area contributed by atoms with Gasteiger partial charge in [0.1, 0.15) is 0 Å². The molecule has 0 aromatic heterocycles. The van der Waals surface area contributed by atoms with E-state index in [0.29, 0.717) is 25.2 Å². The summed E-state index contributed by atoms with van der Waals surface area (Å²) >= 11 is 0. The van der Waals surface area contributed by atoms with Crippen LogP contribution in [0.25, 0.3) is 0 Å². The van der Waals surface area contributed by atoms with Gasteiger partial charge in [0.15, 0.2) is 17.8 Å². The summed E-state index contributed by atoms with van der Waals surface area (Å²) in [6.07, 6.45) is -0.829. The lowest BCUT2D eigenvalue weighted by Crippen LogP contribution is -2.58. The van der Waals surface area contributed by atoms with Crippen LogP contribution in [0.1, 0.15) is 45.1 Å². The summed E-state index contributed by atoms with van der Waals surface area (Å²) in [6, 6.07) is 12.0. The quantitative estimate of drug-likeness (QED) is 0.248. The van der Waals surface area contributed by atoms with E-state index in [0.717, 1.165) is 18.4 Å². The van der Waals surface area contributed by atoms with Crippen molar-refractivity contribution in [2.75, 3.05) is 39.7 Å². The van der Waals surface area contributed by atoms with Crippen LogP contribution in [0.5, 0.6) is 11.5 Å². The van der Waals surface area contributed by atoms with Gasteiger partial charge in [-0.3, -0.25) is 4.90 Å². The number of aliphatic hydroxyl groups excluding tert-OH is 1. The predicted molar refractivity (Wildman–Crippen MR) is 175 cm³/mol. The number of alkyl carbamates (subject to hydrolysis) is 1. The van der Waals surface area contributed by atoms with Gasteiger partial charge in [-0.15, -0.1) is 0 Å². The van der Waals surface area contributed by atoms with Gasteiger partial charge < -0.3 is 39.2 Å². The van der Waals surface area contributed by atoms with Crippen molar-refractivity contribution in [3.05, 3.63) is 54.1 Å². The molecule has 6 rings (SSSR count). The maximum Gasteiger partial charge on any atom is 0.407 e. The molecule has 2 amide bonds. The highest BCUT2D eigenvalue weighted by Crippen LogP contribution is 2.38. The zero-order valence-electron chi connectivity index (χ0n) is 27.7. The molecule has 3 heterocycles. The van der Waals surface area contributed by atoms with Crippen molar-refractivity contribution >= 4 is 22.2 Å². The molecule has 4 aliphatic rings. The molecule has 2 aromatic rings. The number of amides is 2. The van der Waals surface area contributed by atoms with E-state index in [1.165, 1.54) is 27.4 Å². The van der Waals surface area contributed by atoms with Crippen molar-refractivity contribution in [2.24, 2.45) is 11.3 Å². The average molecular weight is 704 g/mol. The van der Waals surface area contributed by atoms with Crippen LogP contribution >= 0.6 is 0 Å². The van der Waals surface area contributed by atoms with E-state index >= 15 is 0 Å². The second-order valence-electron chi connectivity index (χ2n) is 13.9. The molecule has 49 heavy (non-hydrogen) atoms. The van der Waals surface area contributed by atoms with Crippen LogP contribution in [0, 0.1) is 11.3 Å². The Balaban J connectivity index is 1.28. The van der Waals surface area contributed by atoms with Gasteiger partial charge in [-0.1, -0.05) is 44.2 Å². The Hall–Kier alpha value is -3.63. The molecule has 5 atom stereocenters. The van der Waals surface area contributed by atoms with Gasteiger partial charge in [0.25, 0.3) is 0 Å². The van der Waals surface area contributed by atoms with Gasteiger partial charge in [0.05, 0.1) is 42.9 Å². The van der Waals surface area contributed by atoms with Crippen LogP contribution in [0.15, 0.2) is 53.4 Å². The number of carbonyl (C=O) groups excluding carboxylic acids is 1. The fourth-order valence-corrected chi connectivity index (χ4v) is 8.37. The van der Waals surface area contributed by atoms with E-state index in [1.54, 1.807) is 0 Å². The lowest BCUT2D eigenvalue weighted by molar-refractivity contribution is -0.0906. The van der Waals surface area contributed by atoms with E-state index in [-0.39, 0.29) is 55.6 Å². The molecular weight excluding hydrogens is 658 g/mol. The fourth-order valence-electron chi connectivity index (χ4n) is 6.71. The van der Waals surface area contributed by atoms with Crippen molar-refractivity contribution in [3.8, 4) is 11.5 Å². The zero-order valence-corrected chi connectivity index (χ0v) is 28.5. The Morgan fingerprint density at radius 1 is 1.06 bits per heavy atom. The first kappa shape index (κ1) is 35.2. The van der Waals surface area contributed by atoms with Crippen LogP contribution in [-0.2, 0) is 30.7 Å². The van der Waals surface area contributed by atoms with Crippen LogP contribution in [-0.4, -0.2) is 110 Å². The Morgan fingerprint density at radius 2 is 1.82 bits per heavy atom. The molecule has 0 bridgehead atoms. The Bertz CT molecular complexity index is 1590. The second kappa shape index (κ2) is 14.7. The maximum absolute atomic E-state index is 14.4. The summed E-state index contributed by atoms with van der Waals surface area (Å²) in [7, 11) is -4.28. The molecular formula is C34H45N3O11S. The molecule has 268 valence electrons. The number of rotatable bonds is 15. The van der Waals surface area contributed by atoms with E-state index in [1.807, 2.05) is 44.2 Å². The minimum atomic E-state index is -4.28. The monoisotopic (exact) mass is 703 g/mol. The van der Waals surface area contributed by atoms with Gasteiger partial charge in [0.2, 0.25) is 16.8 Å². The number of sulfonamides is 1. The second-order valence-corrected chi connectivity index (χ2v) is 15.8. The molecule has 0 unspecified atom stereocenters. The molecule has 3 fully saturated rings. The van der Waals surface area contributed by atoms with Crippen LogP contribution in [0.2, 0.25) is 0 Å². The SMILES string of the molecule is CC(C)(CCOC(=O)NC1CC1)CN(C[C@@H](O)[C@H](Cc1ccccc1)N(C(=O)O)[C@H]1CO[C@H]2OCC[C@H]21)S(=O)(=O)c1ccc2c(c1)OCO2. The van der Waals surface area contributed by atoms with Crippen molar-refractivity contribution in [1.82, 2.24) is 14.5 Å². The number of hydrogen-bond donors (Lipinski definition) is 3. The fraction of sp³-hybridized carbons (Fsp3) is 0.588. The number of benzene rings is 2. The summed E-state index contributed by atoms with van der Waals surface area (Å²) in [4.78, 5) is 26.3. The summed E-state index contributed by atoms with van der Waals surface area (Å²) in [5.41, 5.74) is 0.0565. The highest BCUT2D eigenvalue weighted by atomic mass is 32.2. The Kier molecular flexibility index (Phi) is 10.6. The highest BCUT2D eigenvalue weighted by Gasteiger charge is 2.49. The number of nitrogens with one attached hydrogen (secondary N) is 1. The largest absolute Gasteiger partial charge is 0.465 e. The number of hydrogen-bond acceptors (Lipinski definition) is 10. The molecule has 1 aliphatic carbocycles. The van der Waals surface area contributed by atoms with E-state index in [9.17, 15) is 28.2 Å². The maximum atomic E-state index is 14.4. The molecule has 2 aromatic carbocycles. The molecule has 14 nitrogen and oxygen atoms in total. The van der Waals surface area contributed by atoms with E-state index in [2.05, 4.69) is 5.32 Å². The minimum absolute atomic E-state index is 0.0351. The molecule has 1 saturated carbocycles. The van der Waals surface area contributed by atoms with Crippen LogP contribution in [0.3, 0.4) is 0 Å². The lowest BCUT2D eigenvalue weighted by Gasteiger charge is -2.40. The number of nitrogens with zero attached hydrogens (tertiary/aromatic N) is 2. The standard InChI is InChI=1S/C34H45N3O11S/c1-34(2,13-15-45-32(39)35-23-8-9-23)20-36(49(42,43)24-10-11-29-30(17-24)48-21-47-29)18-28(38)26(16-22-6-4-3-5-7-22)37(33(40)41)27-19-46-31-25(27)12-14-44-31/h3-7,10-11,17,23,25-28,31,38H,8-9,12-16,18-21H2,1-2H3,(H,35,39)(H,40,41)/t25-,26-,27-,28+,31+/m0/s1. The number of carbonyl (C=O) groups is 2. The third-order valence-electron chi connectivity index (χ3n) is 9.56. The predicted octanol–water partition coefficient (Wildman–Crippen LogP) is 3.42. The summed E-state index contributed by atoms with van der Waals surface area (Å²) in [5.74, 6) is 0.482. The lowest BCUT2D eigenvalue weighted by atomic mass is 9.89. The Morgan fingerprint density at radius 3 is 2.55 bits per heavy atom.